The van der Waals surface area contributed by atoms with Gasteiger partial charge >= 0.3 is 0 Å². The third-order valence-corrected chi connectivity index (χ3v) is 5.36. The molecule has 0 bridgehead atoms. The van der Waals surface area contributed by atoms with Crippen LogP contribution >= 0.6 is 23.2 Å². The van der Waals surface area contributed by atoms with Gasteiger partial charge in [-0.2, -0.15) is 0 Å². The Labute approximate surface area is 157 Å². The van der Waals surface area contributed by atoms with Crippen molar-refractivity contribution in [3.05, 3.63) is 58.1 Å². The van der Waals surface area contributed by atoms with E-state index in [4.69, 9.17) is 32.9 Å². The number of anilines is 1. The van der Waals surface area contributed by atoms with E-state index in [1.54, 1.807) is 6.07 Å². The summed E-state index contributed by atoms with van der Waals surface area (Å²) in [4.78, 5) is 4.90. The Balaban J connectivity index is 1.63. The highest BCUT2D eigenvalue weighted by atomic mass is 35.5. The fourth-order valence-corrected chi connectivity index (χ4v) is 3.83. The molecule has 4 nitrogen and oxygen atoms in total. The van der Waals surface area contributed by atoms with Crippen LogP contribution in [0.4, 0.5) is 11.4 Å². The van der Waals surface area contributed by atoms with Gasteiger partial charge in [-0.25, -0.2) is 4.99 Å². The van der Waals surface area contributed by atoms with E-state index in [2.05, 4.69) is 16.7 Å². The summed E-state index contributed by atoms with van der Waals surface area (Å²) in [5, 5.41) is 8.50. The second-order valence-electron chi connectivity index (χ2n) is 6.39. The molecule has 6 heteroatoms. The molecule has 0 amide bonds. The molecule has 4 rings (SSSR count). The van der Waals surface area contributed by atoms with Gasteiger partial charge in [0.05, 0.1) is 16.9 Å². The van der Waals surface area contributed by atoms with E-state index in [0.29, 0.717) is 16.6 Å². The van der Waals surface area contributed by atoms with Crippen LogP contribution in [-0.4, -0.2) is 24.6 Å². The van der Waals surface area contributed by atoms with Crippen molar-refractivity contribution in [2.24, 2.45) is 4.99 Å². The first-order valence-electron chi connectivity index (χ1n) is 8.38. The van der Waals surface area contributed by atoms with Gasteiger partial charge in [-0.15, -0.1) is 0 Å². The number of ether oxygens (including phenoxy) is 1. The van der Waals surface area contributed by atoms with E-state index < -0.39 is 0 Å². The molecule has 0 unspecified atom stereocenters. The fourth-order valence-electron chi connectivity index (χ4n) is 3.36. The molecule has 2 heterocycles. The normalized spacial score (nSPS) is 18.2. The molecule has 2 aliphatic heterocycles. The third kappa shape index (κ3) is 3.34. The van der Waals surface area contributed by atoms with Gasteiger partial charge in [0.25, 0.3) is 0 Å². The molecular formula is C19H19Cl2N3O. The number of nitrogens with one attached hydrogen (secondary N) is 2. The van der Waals surface area contributed by atoms with E-state index in [1.807, 2.05) is 30.3 Å². The van der Waals surface area contributed by atoms with Gasteiger partial charge in [-0.3, -0.25) is 0 Å². The van der Waals surface area contributed by atoms with Crippen LogP contribution in [0.2, 0.25) is 10.0 Å². The summed E-state index contributed by atoms with van der Waals surface area (Å²) in [5.74, 6) is 0.945. The van der Waals surface area contributed by atoms with E-state index in [-0.39, 0.29) is 5.54 Å². The standard InChI is InChI=1S/C19H19Cl2N3O/c20-14-6-5-13(15(21)11-14)12-22-18-19(7-9-25-10-8-19)24-17-4-2-1-3-16(17)23-18/h1-6,11,24H,7-10,12H2,(H,22,23). The van der Waals surface area contributed by atoms with Crippen molar-refractivity contribution in [1.82, 2.24) is 5.32 Å². The van der Waals surface area contributed by atoms with Crippen LogP contribution in [0.15, 0.2) is 47.5 Å². The molecule has 2 aromatic rings. The van der Waals surface area contributed by atoms with Crippen molar-refractivity contribution in [2.75, 3.05) is 18.5 Å². The van der Waals surface area contributed by atoms with E-state index >= 15 is 0 Å². The number of para-hydroxylation sites is 2. The Hall–Kier alpha value is -1.75. The van der Waals surface area contributed by atoms with Gasteiger partial charge in [-0.1, -0.05) is 41.4 Å². The van der Waals surface area contributed by atoms with Crippen LogP contribution in [0, 0.1) is 0 Å². The first-order valence-corrected chi connectivity index (χ1v) is 9.14. The average Bonchev–Trinajstić information content (AvgIpc) is 2.62. The number of halogens is 2. The van der Waals surface area contributed by atoms with Gasteiger partial charge in [0.1, 0.15) is 5.84 Å². The SMILES string of the molecule is Clc1ccc(CNC2=Nc3ccccc3NC23CCOCC3)c(Cl)c1. The van der Waals surface area contributed by atoms with E-state index in [9.17, 15) is 0 Å². The summed E-state index contributed by atoms with van der Waals surface area (Å²) in [5.41, 5.74) is 2.80. The van der Waals surface area contributed by atoms with Crippen LogP contribution in [0.5, 0.6) is 0 Å². The molecule has 2 aromatic carbocycles. The molecule has 1 fully saturated rings. The van der Waals surface area contributed by atoms with Crippen molar-refractivity contribution in [3.63, 3.8) is 0 Å². The lowest BCUT2D eigenvalue weighted by molar-refractivity contribution is 0.0771. The maximum Gasteiger partial charge on any atom is 0.129 e. The predicted molar refractivity (Wildman–Crippen MR) is 103 cm³/mol. The lowest BCUT2D eigenvalue weighted by Crippen LogP contribution is -2.56. The number of hydrogen-bond donors (Lipinski definition) is 2. The predicted octanol–water partition coefficient (Wildman–Crippen LogP) is 4.79. The van der Waals surface area contributed by atoms with Crippen LogP contribution < -0.4 is 10.6 Å². The molecule has 0 radical (unpaired) electrons. The zero-order valence-electron chi connectivity index (χ0n) is 13.7. The molecule has 1 spiro atoms. The quantitative estimate of drug-likeness (QED) is 0.792. The largest absolute Gasteiger partial charge is 0.381 e. The molecule has 130 valence electrons. The highest BCUT2D eigenvalue weighted by molar-refractivity contribution is 6.35. The zero-order chi connectivity index (χ0) is 17.3. The van der Waals surface area contributed by atoms with Crippen LogP contribution in [0.25, 0.3) is 0 Å². The number of rotatable bonds is 2. The second kappa shape index (κ2) is 6.87. The molecule has 1 saturated heterocycles. The van der Waals surface area contributed by atoms with Gasteiger partial charge < -0.3 is 15.4 Å². The monoisotopic (exact) mass is 375 g/mol. The molecule has 0 saturated carbocycles. The summed E-state index contributed by atoms with van der Waals surface area (Å²) in [7, 11) is 0. The molecular weight excluding hydrogens is 357 g/mol. The molecule has 25 heavy (non-hydrogen) atoms. The number of nitrogens with zero attached hydrogens (tertiary/aromatic N) is 1. The summed E-state index contributed by atoms with van der Waals surface area (Å²) < 4.78 is 5.57. The number of benzene rings is 2. The average molecular weight is 376 g/mol. The minimum Gasteiger partial charge on any atom is -0.381 e. The highest BCUT2D eigenvalue weighted by Crippen LogP contribution is 2.37. The van der Waals surface area contributed by atoms with Crippen LogP contribution in [0.1, 0.15) is 18.4 Å². The van der Waals surface area contributed by atoms with Gasteiger partial charge in [0.2, 0.25) is 0 Å². The Morgan fingerprint density at radius 3 is 2.72 bits per heavy atom. The first kappa shape index (κ1) is 16.7. The van der Waals surface area contributed by atoms with Crippen molar-refractivity contribution in [1.29, 1.82) is 0 Å². The maximum absolute atomic E-state index is 6.31. The molecule has 0 atom stereocenters. The highest BCUT2D eigenvalue weighted by Gasteiger charge is 2.40. The zero-order valence-corrected chi connectivity index (χ0v) is 15.2. The van der Waals surface area contributed by atoms with Crippen molar-refractivity contribution >= 4 is 40.4 Å². The number of hydrogen-bond acceptors (Lipinski definition) is 4. The number of fused-ring (bicyclic) bond motifs is 1. The summed E-state index contributed by atoms with van der Waals surface area (Å²) >= 11 is 12.3. The second-order valence-corrected chi connectivity index (χ2v) is 7.23. The summed E-state index contributed by atoms with van der Waals surface area (Å²) in [6.07, 6.45) is 1.75. The van der Waals surface area contributed by atoms with E-state index in [1.165, 1.54) is 0 Å². The Kier molecular flexibility index (Phi) is 4.59. The summed E-state index contributed by atoms with van der Waals surface area (Å²) in [6, 6.07) is 13.7. The number of aliphatic imine (C=N–C) groups is 1. The molecule has 2 N–H and O–H groups in total. The van der Waals surface area contributed by atoms with Gasteiger partial charge in [0, 0.05) is 42.6 Å². The van der Waals surface area contributed by atoms with Gasteiger partial charge in [0.15, 0.2) is 0 Å². The lowest BCUT2D eigenvalue weighted by atomic mass is 9.86. The minimum absolute atomic E-state index is 0.217. The smallest absolute Gasteiger partial charge is 0.129 e. The Bertz CT molecular complexity index is 816. The maximum atomic E-state index is 6.31. The minimum atomic E-state index is -0.217. The topological polar surface area (TPSA) is 45.7 Å². The third-order valence-electron chi connectivity index (χ3n) is 4.77. The summed E-state index contributed by atoms with van der Waals surface area (Å²) in [6.45, 7) is 2.04. The van der Waals surface area contributed by atoms with Gasteiger partial charge in [-0.05, 0) is 29.8 Å². The molecule has 2 aliphatic rings. The van der Waals surface area contributed by atoms with Crippen molar-refractivity contribution in [2.45, 2.75) is 24.9 Å². The van der Waals surface area contributed by atoms with E-state index in [0.717, 1.165) is 48.8 Å². The van der Waals surface area contributed by atoms with Crippen LogP contribution in [0.3, 0.4) is 0 Å². The van der Waals surface area contributed by atoms with Crippen molar-refractivity contribution in [3.8, 4) is 0 Å². The Morgan fingerprint density at radius 1 is 1.12 bits per heavy atom. The molecule has 0 aliphatic carbocycles. The first-order chi connectivity index (χ1) is 12.2. The lowest BCUT2D eigenvalue weighted by Gasteiger charge is -2.42. The van der Waals surface area contributed by atoms with Crippen LogP contribution in [-0.2, 0) is 11.3 Å². The fraction of sp³-hybridized carbons (Fsp3) is 0.316. The molecule has 0 aromatic heterocycles. The number of amidine groups is 1. The Morgan fingerprint density at radius 2 is 1.92 bits per heavy atom. The van der Waals surface area contributed by atoms with Crippen molar-refractivity contribution < 1.29 is 4.74 Å².